The lowest BCUT2D eigenvalue weighted by molar-refractivity contribution is 0.346. The first-order valence-electron chi connectivity index (χ1n) is 8.72. The number of benzene rings is 3. The summed E-state index contributed by atoms with van der Waals surface area (Å²) < 4.78 is 15.1. The highest BCUT2D eigenvalue weighted by molar-refractivity contribution is 9.10. The van der Waals surface area contributed by atoms with Gasteiger partial charge in [-0.25, -0.2) is 0 Å². The van der Waals surface area contributed by atoms with Crippen molar-refractivity contribution in [1.29, 1.82) is 0 Å². The highest BCUT2D eigenvalue weighted by Gasteiger charge is 2.27. The summed E-state index contributed by atoms with van der Waals surface area (Å²) in [5.41, 5.74) is 1.24. The predicted molar refractivity (Wildman–Crippen MR) is 115 cm³/mol. The van der Waals surface area contributed by atoms with Crippen LogP contribution in [0.3, 0.4) is 0 Å². The van der Waals surface area contributed by atoms with Gasteiger partial charge in [-0.05, 0) is 18.7 Å². The molecule has 0 amide bonds. The average Bonchev–Trinajstić information content (AvgIpc) is 2.69. The number of halogens is 1. The number of hydrogen-bond donors (Lipinski definition) is 0. The lowest BCUT2D eigenvalue weighted by Gasteiger charge is -2.23. The predicted octanol–water partition coefficient (Wildman–Crippen LogP) is 4.90. The maximum absolute atomic E-state index is 14.0. The lowest BCUT2D eigenvalue weighted by atomic mass is 10.2. The molecule has 0 N–H and O–H groups in total. The summed E-state index contributed by atoms with van der Waals surface area (Å²) in [7, 11) is -0.565. The molecule has 0 spiro atoms. The summed E-state index contributed by atoms with van der Waals surface area (Å²) >= 11 is 3.61. The molecule has 0 radical (unpaired) electrons. The summed E-state index contributed by atoms with van der Waals surface area (Å²) in [6.07, 6.45) is 0.627. The smallest absolute Gasteiger partial charge is 0.144 e. The lowest BCUT2D eigenvalue weighted by Crippen LogP contribution is -2.27. The van der Waals surface area contributed by atoms with Crippen molar-refractivity contribution in [2.75, 3.05) is 19.8 Å². The number of rotatable bonds is 7. The van der Waals surface area contributed by atoms with E-state index < -0.39 is 7.14 Å². The standard InChI is InChI=1S/C22H23BrNOP/c1-24(18-19-10-8-9-15-22(19)23)16-17-26(25,20-11-4-2-5-12-20)21-13-6-3-7-14-21/h2-15H,16-18H2,1H3. The molecule has 3 aromatic rings. The SMILES string of the molecule is CN(CCP(=O)(c1ccccc1)c1ccccc1)Cc1ccccc1Br. The van der Waals surface area contributed by atoms with Gasteiger partial charge in [0.15, 0.2) is 0 Å². The van der Waals surface area contributed by atoms with Gasteiger partial charge in [0, 0.05) is 34.3 Å². The van der Waals surface area contributed by atoms with Crippen LogP contribution in [-0.4, -0.2) is 24.7 Å². The van der Waals surface area contributed by atoms with Gasteiger partial charge in [0.1, 0.15) is 7.14 Å². The Morgan fingerprint density at radius 2 is 1.31 bits per heavy atom. The van der Waals surface area contributed by atoms with Gasteiger partial charge in [0.25, 0.3) is 0 Å². The Labute approximate surface area is 164 Å². The Balaban J connectivity index is 1.79. The molecule has 0 aliphatic rings. The molecule has 0 aromatic heterocycles. The minimum absolute atomic E-state index is 0.627. The Morgan fingerprint density at radius 3 is 1.85 bits per heavy atom. The van der Waals surface area contributed by atoms with E-state index in [0.717, 1.165) is 28.2 Å². The van der Waals surface area contributed by atoms with Gasteiger partial charge in [-0.3, -0.25) is 0 Å². The van der Waals surface area contributed by atoms with Crippen molar-refractivity contribution < 1.29 is 4.57 Å². The highest BCUT2D eigenvalue weighted by atomic mass is 79.9. The van der Waals surface area contributed by atoms with Crippen LogP contribution >= 0.6 is 23.1 Å². The fourth-order valence-electron chi connectivity index (χ4n) is 3.05. The first kappa shape index (κ1) is 19.1. The van der Waals surface area contributed by atoms with Crippen LogP contribution in [-0.2, 0) is 11.1 Å². The van der Waals surface area contributed by atoms with E-state index in [9.17, 15) is 4.57 Å². The average molecular weight is 428 g/mol. The molecular weight excluding hydrogens is 405 g/mol. The van der Waals surface area contributed by atoms with Crippen LogP contribution in [0.4, 0.5) is 0 Å². The van der Waals surface area contributed by atoms with Crippen molar-refractivity contribution in [3.05, 3.63) is 95.0 Å². The molecule has 3 rings (SSSR count). The molecule has 0 unspecified atom stereocenters. The summed E-state index contributed by atoms with van der Waals surface area (Å²) in [6, 6.07) is 28.0. The van der Waals surface area contributed by atoms with Crippen LogP contribution in [0.1, 0.15) is 5.56 Å². The third-order valence-electron chi connectivity index (χ3n) is 4.54. The van der Waals surface area contributed by atoms with Crippen LogP contribution in [0.2, 0.25) is 0 Å². The van der Waals surface area contributed by atoms with Gasteiger partial charge in [-0.2, -0.15) is 0 Å². The zero-order chi connectivity index (χ0) is 18.4. The number of nitrogens with zero attached hydrogens (tertiary/aromatic N) is 1. The summed E-state index contributed by atoms with van der Waals surface area (Å²) in [6.45, 7) is 1.59. The third-order valence-corrected chi connectivity index (χ3v) is 8.41. The monoisotopic (exact) mass is 427 g/mol. The van der Waals surface area contributed by atoms with Crippen LogP contribution in [0.5, 0.6) is 0 Å². The van der Waals surface area contributed by atoms with Crippen molar-refractivity contribution in [3.8, 4) is 0 Å². The van der Waals surface area contributed by atoms with Crippen molar-refractivity contribution in [1.82, 2.24) is 4.90 Å². The Hall–Kier alpha value is -1.67. The minimum Gasteiger partial charge on any atom is -0.314 e. The van der Waals surface area contributed by atoms with E-state index in [4.69, 9.17) is 0 Å². The molecule has 0 bridgehead atoms. The molecule has 3 aromatic carbocycles. The van der Waals surface area contributed by atoms with Crippen molar-refractivity contribution in [2.24, 2.45) is 0 Å². The zero-order valence-corrected chi connectivity index (χ0v) is 17.4. The van der Waals surface area contributed by atoms with Gasteiger partial charge in [-0.15, -0.1) is 0 Å². The van der Waals surface area contributed by atoms with Crippen LogP contribution in [0.25, 0.3) is 0 Å². The minimum atomic E-state index is -2.65. The van der Waals surface area contributed by atoms with E-state index >= 15 is 0 Å². The molecule has 0 heterocycles. The maximum atomic E-state index is 14.0. The van der Waals surface area contributed by atoms with Gasteiger partial charge < -0.3 is 9.46 Å². The molecule has 0 atom stereocenters. The van der Waals surface area contributed by atoms with E-state index in [1.54, 1.807) is 0 Å². The topological polar surface area (TPSA) is 20.3 Å². The van der Waals surface area contributed by atoms with Crippen LogP contribution in [0, 0.1) is 0 Å². The second-order valence-electron chi connectivity index (χ2n) is 6.46. The van der Waals surface area contributed by atoms with Gasteiger partial charge >= 0.3 is 0 Å². The fraction of sp³-hybridized carbons (Fsp3) is 0.182. The van der Waals surface area contributed by atoms with Crippen molar-refractivity contribution in [2.45, 2.75) is 6.54 Å². The van der Waals surface area contributed by atoms with E-state index in [1.165, 1.54) is 5.56 Å². The Morgan fingerprint density at radius 1 is 0.808 bits per heavy atom. The van der Waals surface area contributed by atoms with E-state index in [-0.39, 0.29) is 0 Å². The number of hydrogen-bond acceptors (Lipinski definition) is 2. The van der Waals surface area contributed by atoms with Crippen molar-refractivity contribution in [3.63, 3.8) is 0 Å². The quantitative estimate of drug-likeness (QED) is 0.500. The second-order valence-corrected chi connectivity index (χ2v) is 10.3. The molecule has 0 aliphatic heterocycles. The first-order valence-corrected chi connectivity index (χ1v) is 11.4. The summed E-state index contributed by atoms with van der Waals surface area (Å²) in [4.78, 5) is 2.23. The van der Waals surface area contributed by atoms with E-state index in [0.29, 0.717) is 6.16 Å². The normalized spacial score (nSPS) is 11.7. The van der Waals surface area contributed by atoms with Crippen molar-refractivity contribution >= 4 is 33.7 Å². The largest absolute Gasteiger partial charge is 0.314 e. The molecule has 0 saturated carbocycles. The molecule has 2 nitrogen and oxygen atoms in total. The highest BCUT2D eigenvalue weighted by Crippen LogP contribution is 2.43. The molecule has 0 aliphatic carbocycles. The van der Waals surface area contributed by atoms with E-state index in [2.05, 4.69) is 40.0 Å². The zero-order valence-electron chi connectivity index (χ0n) is 14.9. The van der Waals surface area contributed by atoms with E-state index in [1.807, 2.05) is 72.8 Å². The van der Waals surface area contributed by atoms with Gasteiger partial charge in [0.2, 0.25) is 0 Å². The molecule has 0 fully saturated rings. The van der Waals surface area contributed by atoms with Crippen LogP contribution < -0.4 is 10.6 Å². The molecule has 0 saturated heterocycles. The molecule has 26 heavy (non-hydrogen) atoms. The van der Waals surface area contributed by atoms with Gasteiger partial charge in [0.05, 0.1) is 0 Å². The molecule has 4 heteroatoms. The Bertz CT molecular complexity index is 839. The van der Waals surface area contributed by atoms with Gasteiger partial charge in [-0.1, -0.05) is 94.8 Å². The molecular formula is C22H23BrNOP. The van der Waals surface area contributed by atoms with Crippen LogP contribution in [0.15, 0.2) is 89.4 Å². The summed E-state index contributed by atoms with van der Waals surface area (Å²) in [5.74, 6) is 0. The first-order chi connectivity index (χ1) is 12.6. The maximum Gasteiger partial charge on any atom is 0.144 e. The summed E-state index contributed by atoms with van der Waals surface area (Å²) in [5, 5.41) is 1.86. The third kappa shape index (κ3) is 4.54. The fourth-order valence-corrected chi connectivity index (χ4v) is 6.21. The molecule has 134 valence electrons. The Kier molecular flexibility index (Phi) is 6.48. The second kappa shape index (κ2) is 8.81.